The molecule has 1 aliphatic carbocycles. The number of nitrogens with zero attached hydrogens (tertiary/aromatic N) is 1. The van der Waals surface area contributed by atoms with E-state index in [4.69, 9.17) is 0 Å². The topological polar surface area (TPSA) is 86.9 Å². The number of aromatic nitrogens is 2. The fourth-order valence-corrected chi connectivity index (χ4v) is 2.23. The highest BCUT2D eigenvalue weighted by atomic mass is 16.2. The molecule has 1 unspecified atom stereocenters. The van der Waals surface area contributed by atoms with Crippen LogP contribution in [0.25, 0.3) is 0 Å². The van der Waals surface area contributed by atoms with Crippen molar-refractivity contribution < 1.29 is 4.79 Å². The molecular weight excluding hydrogens is 244 g/mol. The van der Waals surface area contributed by atoms with Gasteiger partial charge in [-0.2, -0.15) is 5.10 Å². The molecule has 2 amide bonds. The van der Waals surface area contributed by atoms with E-state index in [1.165, 1.54) is 0 Å². The van der Waals surface area contributed by atoms with Crippen LogP contribution in [0.2, 0.25) is 0 Å². The highest BCUT2D eigenvalue weighted by Crippen LogP contribution is 2.17. The second-order valence-electron chi connectivity index (χ2n) is 5.99. The van der Waals surface area contributed by atoms with Crippen molar-refractivity contribution in [3.63, 3.8) is 0 Å². The molecule has 1 aromatic rings. The smallest absolute Gasteiger partial charge is 0.315 e. The Morgan fingerprint density at radius 1 is 1.47 bits per heavy atom. The van der Waals surface area contributed by atoms with E-state index in [1.807, 2.05) is 20.8 Å². The van der Waals surface area contributed by atoms with Crippen LogP contribution in [0.3, 0.4) is 0 Å². The maximum absolute atomic E-state index is 11.8. The van der Waals surface area contributed by atoms with Gasteiger partial charge in [0.2, 0.25) is 0 Å². The molecule has 0 aromatic carbocycles. The van der Waals surface area contributed by atoms with Gasteiger partial charge in [0.15, 0.2) is 0 Å². The molecular formula is C13H20N4O2. The molecule has 1 aromatic heterocycles. The number of nitrogens with one attached hydrogen (secondary N) is 3. The molecule has 1 aliphatic rings. The van der Waals surface area contributed by atoms with Crippen LogP contribution in [0.5, 0.6) is 0 Å². The zero-order valence-corrected chi connectivity index (χ0v) is 11.5. The van der Waals surface area contributed by atoms with Crippen LogP contribution >= 0.6 is 0 Å². The SMILES string of the molecule is CC(C)(C)NC(=O)NC1CCc2n[nH]c(=O)cc2C1. The van der Waals surface area contributed by atoms with E-state index in [0.29, 0.717) is 6.42 Å². The van der Waals surface area contributed by atoms with Crippen LogP contribution in [-0.2, 0) is 12.8 Å². The molecule has 0 spiro atoms. The minimum atomic E-state index is -0.255. The lowest BCUT2D eigenvalue weighted by molar-refractivity contribution is 0.226. The summed E-state index contributed by atoms with van der Waals surface area (Å²) in [4.78, 5) is 23.0. The lowest BCUT2D eigenvalue weighted by Crippen LogP contribution is -2.50. The summed E-state index contributed by atoms with van der Waals surface area (Å²) >= 11 is 0. The number of hydrogen-bond acceptors (Lipinski definition) is 3. The summed E-state index contributed by atoms with van der Waals surface area (Å²) < 4.78 is 0. The van der Waals surface area contributed by atoms with Crippen LogP contribution in [-0.4, -0.2) is 27.8 Å². The van der Waals surface area contributed by atoms with Crippen molar-refractivity contribution in [2.75, 3.05) is 0 Å². The fourth-order valence-electron chi connectivity index (χ4n) is 2.23. The minimum Gasteiger partial charge on any atom is -0.335 e. The van der Waals surface area contributed by atoms with Crippen LogP contribution < -0.4 is 16.2 Å². The molecule has 0 aliphatic heterocycles. The van der Waals surface area contributed by atoms with Crippen molar-refractivity contribution in [1.82, 2.24) is 20.8 Å². The van der Waals surface area contributed by atoms with E-state index in [-0.39, 0.29) is 23.2 Å². The molecule has 0 radical (unpaired) electrons. The zero-order chi connectivity index (χ0) is 14.0. The van der Waals surface area contributed by atoms with E-state index in [2.05, 4.69) is 20.8 Å². The fraction of sp³-hybridized carbons (Fsp3) is 0.615. The molecule has 104 valence electrons. The Balaban J connectivity index is 1.98. The maximum atomic E-state index is 11.8. The Hall–Kier alpha value is -1.85. The van der Waals surface area contributed by atoms with Gasteiger partial charge in [-0.3, -0.25) is 4.79 Å². The Labute approximate surface area is 112 Å². The van der Waals surface area contributed by atoms with Gasteiger partial charge in [-0.25, -0.2) is 9.89 Å². The highest BCUT2D eigenvalue weighted by Gasteiger charge is 2.23. The molecule has 3 N–H and O–H groups in total. The lowest BCUT2D eigenvalue weighted by atomic mass is 9.92. The second kappa shape index (κ2) is 5.03. The number of aryl methyl sites for hydroxylation is 1. The summed E-state index contributed by atoms with van der Waals surface area (Å²) in [5.74, 6) is 0. The molecule has 2 rings (SSSR count). The monoisotopic (exact) mass is 264 g/mol. The van der Waals surface area contributed by atoms with Crippen molar-refractivity contribution >= 4 is 6.03 Å². The summed E-state index contributed by atoms with van der Waals surface area (Å²) in [7, 11) is 0. The van der Waals surface area contributed by atoms with Gasteiger partial charge in [-0.05, 0) is 45.6 Å². The van der Waals surface area contributed by atoms with E-state index in [9.17, 15) is 9.59 Å². The summed E-state index contributed by atoms with van der Waals surface area (Å²) in [5, 5.41) is 12.3. The molecule has 1 atom stereocenters. The maximum Gasteiger partial charge on any atom is 0.315 e. The van der Waals surface area contributed by atoms with Gasteiger partial charge in [-0.15, -0.1) is 0 Å². The van der Waals surface area contributed by atoms with Crippen molar-refractivity contribution in [1.29, 1.82) is 0 Å². The summed E-state index contributed by atoms with van der Waals surface area (Å²) in [6.07, 6.45) is 2.26. The number of carbonyl (C=O) groups is 1. The summed E-state index contributed by atoms with van der Waals surface area (Å²) in [5.41, 5.74) is 1.40. The molecule has 19 heavy (non-hydrogen) atoms. The predicted octanol–water partition coefficient (Wildman–Crippen LogP) is 0.725. The summed E-state index contributed by atoms with van der Waals surface area (Å²) in [6.45, 7) is 5.81. The molecule has 0 fully saturated rings. The van der Waals surface area contributed by atoms with Gasteiger partial charge in [0, 0.05) is 17.6 Å². The third-order valence-corrected chi connectivity index (χ3v) is 3.00. The number of aromatic amines is 1. The molecule has 1 heterocycles. The largest absolute Gasteiger partial charge is 0.335 e. The lowest BCUT2D eigenvalue weighted by Gasteiger charge is -2.27. The van der Waals surface area contributed by atoms with Crippen LogP contribution in [0.1, 0.15) is 38.4 Å². The summed E-state index contributed by atoms with van der Waals surface area (Å²) in [6, 6.07) is 1.45. The standard InChI is InChI=1S/C13H20N4O2/c1-13(2,3)15-12(19)14-9-4-5-10-8(6-9)7-11(18)17-16-10/h7,9H,4-6H2,1-3H3,(H,17,18)(H2,14,15,19). The average molecular weight is 264 g/mol. The van der Waals surface area contributed by atoms with Crippen LogP contribution in [0.4, 0.5) is 4.79 Å². The second-order valence-corrected chi connectivity index (χ2v) is 5.99. The van der Waals surface area contributed by atoms with Crippen LogP contribution in [0, 0.1) is 0 Å². The molecule has 6 heteroatoms. The Morgan fingerprint density at radius 2 is 2.21 bits per heavy atom. The number of fused-ring (bicyclic) bond motifs is 1. The first kappa shape index (κ1) is 13.6. The third kappa shape index (κ3) is 3.81. The third-order valence-electron chi connectivity index (χ3n) is 3.00. The zero-order valence-electron chi connectivity index (χ0n) is 11.5. The van der Waals surface area contributed by atoms with E-state index >= 15 is 0 Å². The number of carbonyl (C=O) groups excluding carboxylic acids is 1. The Morgan fingerprint density at radius 3 is 2.89 bits per heavy atom. The normalized spacial score (nSPS) is 18.6. The van der Waals surface area contributed by atoms with Crippen molar-refractivity contribution in [3.8, 4) is 0 Å². The van der Waals surface area contributed by atoms with Crippen molar-refractivity contribution in [2.45, 2.75) is 51.6 Å². The molecule has 0 saturated heterocycles. The van der Waals surface area contributed by atoms with E-state index in [1.54, 1.807) is 6.07 Å². The number of hydrogen-bond donors (Lipinski definition) is 3. The quantitative estimate of drug-likeness (QED) is 0.698. The average Bonchev–Trinajstić information content (AvgIpc) is 2.25. The van der Waals surface area contributed by atoms with Gasteiger partial charge in [-0.1, -0.05) is 0 Å². The Kier molecular flexibility index (Phi) is 3.59. The number of H-pyrrole nitrogens is 1. The number of amides is 2. The van der Waals surface area contributed by atoms with E-state index < -0.39 is 0 Å². The van der Waals surface area contributed by atoms with Gasteiger partial charge in [0.1, 0.15) is 0 Å². The number of rotatable bonds is 1. The minimum absolute atomic E-state index is 0.0541. The first-order valence-corrected chi connectivity index (χ1v) is 6.50. The first-order chi connectivity index (χ1) is 8.83. The van der Waals surface area contributed by atoms with Crippen molar-refractivity contribution in [2.24, 2.45) is 0 Å². The van der Waals surface area contributed by atoms with Gasteiger partial charge < -0.3 is 10.6 Å². The molecule has 0 bridgehead atoms. The first-order valence-electron chi connectivity index (χ1n) is 6.50. The van der Waals surface area contributed by atoms with Crippen LogP contribution in [0.15, 0.2) is 10.9 Å². The van der Waals surface area contributed by atoms with Crippen molar-refractivity contribution in [3.05, 3.63) is 27.7 Å². The Bertz CT molecular complexity index is 530. The van der Waals surface area contributed by atoms with Gasteiger partial charge in [0.05, 0.1) is 5.69 Å². The van der Waals surface area contributed by atoms with Gasteiger partial charge in [0.25, 0.3) is 5.56 Å². The molecule has 0 saturated carbocycles. The predicted molar refractivity (Wildman–Crippen MR) is 72.1 cm³/mol. The molecule has 6 nitrogen and oxygen atoms in total. The highest BCUT2D eigenvalue weighted by molar-refractivity contribution is 5.75. The number of urea groups is 1. The van der Waals surface area contributed by atoms with Gasteiger partial charge >= 0.3 is 6.03 Å². The van der Waals surface area contributed by atoms with E-state index in [0.717, 1.165) is 24.1 Å².